The highest BCUT2D eigenvalue weighted by atomic mass is 79.9. The van der Waals surface area contributed by atoms with E-state index in [1.165, 1.54) is 0 Å². The quantitative estimate of drug-likeness (QED) is 0.635. The number of rotatable bonds is 3. The van der Waals surface area contributed by atoms with Crippen LogP contribution in [0.15, 0.2) is 53.1 Å². The molecule has 1 aromatic heterocycles. The molecule has 0 bridgehead atoms. The fourth-order valence-corrected chi connectivity index (χ4v) is 2.91. The van der Waals surface area contributed by atoms with Crippen LogP contribution in [0.2, 0.25) is 10.0 Å². The summed E-state index contributed by atoms with van der Waals surface area (Å²) < 4.78 is 2.91. The van der Waals surface area contributed by atoms with Gasteiger partial charge in [0.2, 0.25) is 5.91 Å². The van der Waals surface area contributed by atoms with Crippen molar-refractivity contribution in [2.24, 2.45) is 0 Å². The van der Waals surface area contributed by atoms with Gasteiger partial charge in [0.15, 0.2) is 0 Å². The molecular formula is C16H11BrCl2N2O. The van der Waals surface area contributed by atoms with Gasteiger partial charge >= 0.3 is 0 Å². The molecule has 0 saturated heterocycles. The van der Waals surface area contributed by atoms with Gasteiger partial charge in [-0.15, -0.1) is 0 Å². The van der Waals surface area contributed by atoms with Gasteiger partial charge in [-0.05, 0) is 42.5 Å². The van der Waals surface area contributed by atoms with Gasteiger partial charge < -0.3 is 9.88 Å². The van der Waals surface area contributed by atoms with Crippen molar-refractivity contribution in [1.29, 1.82) is 0 Å². The predicted molar refractivity (Wildman–Crippen MR) is 94.7 cm³/mol. The molecule has 0 radical (unpaired) electrons. The van der Waals surface area contributed by atoms with Gasteiger partial charge in [-0.1, -0.05) is 39.1 Å². The monoisotopic (exact) mass is 396 g/mol. The lowest BCUT2D eigenvalue weighted by molar-refractivity contribution is -0.116. The summed E-state index contributed by atoms with van der Waals surface area (Å²) in [5, 5.41) is 4.77. The van der Waals surface area contributed by atoms with E-state index in [1.807, 2.05) is 35.0 Å². The molecule has 0 aliphatic heterocycles. The number of nitrogens with one attached hydrogen (secondary N) is 1. The highest BCUT2D eigenvalue weighted by Gasteiger charge is 2.08. The van der Waals surface area contributed by atoms with Crippen molar-refractivity contribution in [3.8, 4) is 0 Å². The lowest BCUT2D eigenvalue weighted by Crippen LogP contribution is -2.18. The van der Waals surface area contributed by atoms with E-state index in [-0.39, 0.29) is 12.5 Å². The molecule has 3 nitrogen and oxygen atoms in total. The maximum absolute atomic E-state index is 12.2. The van der Waals surface area contributed by atoms with Crippen LogP contribution in [0, 0.1) is 0 Å². The molecule has 1 heterocycles. The summed E-state index contributed by atoms with van der Waals surface area (Å²) in [6.07, 6.45) is 1.89. The second-order valence-electron chi connectivity index (χ2n) is 4.82. The number of aromatic nitrogens is 1. The number of amides is 1. The molecule has 0 unspecified atom stereocenters. The molecular weight excluding hydrogens is 387 g/mol. The van der Waals surface area contributed by atoms with Crippen molar-refractivity contribution < 1.29 is 4.79 Å². The molecule has 6 heteroatoms. The highest BCUT2D eigenvalue weighted by molar-refractivity contribution is 9.10. The van der Waals surface area contributed by atoms with Crippen molar-refractivity contribution >= 4 is 61.6 Å². The molecule has 1 N–H and O–H groups in total. The van der Waals surface area contributed by atoms with E-state index in [9.17, 15) is 4.79 Å². The number of nitrogens with zero attached hydrogens (tertiary/aromatic N) is 1. The van der Waals surface area contributed by atoms with Crippen LogP contribution in [0.3, 0.4) is 0 Å². The number of carbonyl (C=O) groups excluding carboxylic acids is 1. The minimum Gasteiger partial charge on any atom is -0.338 e. The number of benzene rings is 2. The number of fused-ring (bicyclic) bond motifs is 1. The molecule has 3 rings (SSSR count). The van der Waals surface area contributed by atoms with Gasteiger partial charge in [-0.3, -0.25) is 4.79 Å². The van der Waals surface area contributed by atoms with E-state index in [2.05, 4.69) is 21.2 Å². The number of anilines is 1. The zero-order valence-corrected chi connectivity index (χ0v) is 14.4. The van der Waals surface area contributed by atoms with Gasteiger partial charge in [0.05, 0.1) is 10.0 Å². The van der Waals surface area contributed by atoms with Crippen molar-refractivity contribution in [1.82, 2.24) is 4.57 Å². The molecule has 112 valence electrons. The standard InChI is InChI=1S/C16H11BrCl2N2O/c17-11-1-4-15-10(7-11)5-6-21(15)9-16(22)20-12-2-3-13(18)14(19)8-12/h1-8H,9H2,(H,20,22). The molecule has 0 saturated carbocycles. The summed E-state index contributed by atoms with van der Waals surface area (Å²) in [4.78, 5) is 12.2. The van der Waals surface area contributed by atoms with Crippen molar-refractivity contribution in [2.75, 3.05) is 5.32 Å². The molecule has 3 aromatic rings. The predicted octanol–water partition coefficient (Wildman–Crippen LogP) is 5.35. The first-order valence-electron chi connectivity index (χ1n) is 6.52. The van der Waals surface area contributed by atoms with Crippen LogP contribution in [0.5, 0.6) is 0 Å². The third kappa shape index (κ3) is 3.29. The van der Waals surface area contributed by atoms with E-state index in [1.54, 1.807) is 18.2 Å². The second kappa shape index (κ2) is 6.32. The van der Waals surface area contributed by atoms with E-state index in [0.29, 0.717) is 15.7 Å². The Morgan fingerprint density at radius 3 is 2.68 bits per heavy atom. The van der Waals surface area contributed by atoms with Crippen molar-refractivity contribution in [3.63, 3.8) is 0 Å². The van der Waals surface area contributed by atoms with E-state index < -0.39 is 0 Å². The molecule has 0 atom stereocenters. The van der Waals surface area contributed by atoms with Crippen LogP contribution in [0.1, 0.15) is 0 Å². The van der Waals surface area contributed by atoms with Crippen molar-refractivity contribution in [2.45, 2.75) is 6.54 Å². The zero-order chi connectivity index (χ0) is 15.7. The van der Waals surface area contributed by atoms with Crippen molar-refractivity contribution in [3.05, 3.63) is 63.2 Å². The van der Waals surface area contributed by atoms with Crippen LogP contribution in [-0.4, -0.2) is 10.5 Å². The maximum Gasteiger partial charge on any atom is 0.244 e. The minimum atomic E-state index is -0.126. The number of hydrogen-bond donors (Lipinski definition) is 1. The third-order valence-corrected chi connectivity index (χ3v) is 4.48. The summed E-state index contributed by atoms with van der Waals surface area (Å²) in [5.41, 5.74) is 1.63. The number of hydrogen-bond acceptors (Lipinski definition) is 1. The SMILES string of the molecule is O=C(Cn1ccc2cc(Br)ccc21)Nc1ccc(Cl)c(Cl)c1. The summed E-state index contributed by atoms with van der Waals surface area (Å²) >= 11 is 15.2. The molecule has 2 aromatic carbocycles. The number of carbonyl (C=O) groups is 1. The summed E-state index contributed by atoms with van der Waals surface area (Å²) in [5.74, 6) is -0.126. The zero-order valence-electron chi connectivity index (χ0n) is 11.3. The molecule has 22 heavy (non-hydrogen) atoms. The minimum absolute atomic E-state index is 0.126. The van der Waals surface area contributed by atoms with E-state index in [0.717, 1.165) is 15.4 Å². The Morgan fingerprint density at radius 2 is 1.91 bits per heavy atom. The molecule has 1 amide bonds. The summed E-state index contributed by atoms with van der Waals surface area (Å²) in [6.45, 7) is 0.228. The van der Waals surface area contributed by atoms with Gasteiger partial charge in [0.25, 0.3) is 0 Å². The van der Waals surface area contributed by atoms with Crippen LogP contribution < -0.4 is 5.32 Å². The van der Waals surface area contributed by atoms with E-state index in [4.69, 9.17) is 23.2 Å². The summed E-state index contributed by atoms with van der Waals surface area (Å²) in [6, 6.07) is 12.9. The molecule has 0 fully saturated rings. The van der Waals surface area contributed by atoms with E-state index >= 15 is 0 Å². The maximum atomic E-state index is 12.2. The Labute approximate surface area is 146 Å². The van der Waals surface area contributed by atoms with Gasteiger partial charge in [-0.25, -0.2) is 0 Å². The van der Waals surface area contributed by atoms with Gasteiger partial charge in [0, 0.05) is 27.3 Å². The molecule has 0 spiro atoms. The lowest BCUT2D eigenvalue weighted by atomic mass is 10.2. The first-order chi connectivity index (χ1) is 10.5. The topological polar surface area (TPSA) is 34.0 Å². The summed E-state index contributed by atoms with van der Waals surface area (Å²) in [7, 11) is 0. The fourth-order valence-electron chi connectivity index (χ4n) is 2.24. The van der Waals surface area contributed by atoms with Crippen LogP contribution in [0.25, 0.3) is 10.9 Å². The lowest BCUT2D eigenvalue weighted by Gasteiger charge is -2.08. The average Bonchev–Trinajstić information content (AvgIpc) is 2.85. The Morgan fingerprint density at radius 1 is 1.09 bits per heavy atom. The third-order valence-electron chi connectivity index (χ3n) is 3.25. The Bertz CT molecular complexity index is 860. The number of halogens is 3. The first-order valence-corrected chi connectivity index (χ1v) is 8.07. The smallest absolute Gasteiger partial charge is 0.244 e. The fraction of sp³-hybridized carbons (Fsp3) is 0.0625. The van der Waals surface area contributed by atoms with Crippen LogP contribution in [0.4, 0.5) is 5.69 Å². The van der Waals surface area contributed by atoms with Gasteiger partial charge in [0.1, 0.15) is 6.54 Å². The normalized spacial score (nSPS) is 10.9. The Hall–Kier alpha value is -1.49. The Kier molecular flexibility index (Phi) is 4.43. The molecule has 0 aliphatic carbocycles. The van der Waals surface area contributed by atoms with Gasteiger partial charge in [-0.2, -0.15) is 0 Å². The largest absolute Gasteiger partial charge is 0.338 e. The second-order valence-corrected chi connectivity index (χ2v) is 6.55. The average molecular weight is 398 g/mol. The highest BCUT2D eigenvalue weighted by Crippen LogP contribution is 2.25. The first kappa shape index (κ1) is 15.4. The van der Waals surface area contributed by atoms with Crippen LogP contribution >= 0.6 is 39.1 Å². The van der Waals surface area contributed by atoms with Crippen LogP contribution in [-0.2, 0) is 11.3 Å². The Balaban J connectivity index is 1.76. The molecule has 0 aliphatic rings.